The summed E-state index contributed by atoms with van der Waals surface area (Å²) in [5, 5.41) is 19.8. The highest BCUT2D eigenvalue weighted by Gasteiger charge is 2.43. The molecule has 1 aromatic rings. The van der Waals surface area contributed by atoms with Crippen molar-refractivity contribution in [3.05, 3.63) is 35.9 Å². The van der Waals surface area contributed by atoms with Crippen molar-refractivity contribution < 1.29 is 24.2 Å². The van der Waals surface area contributed by atoms with E-state index in [0.29, 0.717) is 6.61 Å². The Bertz CT molecular complexity index is 538. The van der Waals surface area contributed by atoms with Crippen LogP contribution in [-0.2, 0) is 20.6 Å². The van der Waals surface area contributed by atoms with E-state index in [1.165, 1.54) is 0 Å². The zero-order chi connectivity index (χ0) is 19.3. The molecule has 1 rings (SSSR count). The predicted octanol–water partition coefficient (Wildman–Crippen LogP) is 2.90. The SMILES string of the molecule is C[C@H](OCc1ccccc1)[C@H](O)[C@@H](O[Si](C)(C)C(C)(C)C)C(=O)CO. The molecule has 1 aromatic carbocycles. The van der Waals surface area contributed by atoms with E-state index >= 15 is 0 Å². The first-order valence-electron chi connectivity index (χ1n) is 8.64. The summed E-state index contributed by atoms with van der Waals surface area (Å²) in [6.45, 7) is 11.6. The van der Waals surface area contributed by atoms with Gasteiger partial charge in [0, 0.05) is 0 Å². The quantitative estimate of drug-likeness (QED) is 0.656. The molecular weight excluding hydrogens is 336 g/mol. The van der Waals surface area contributed by atoms with Crippen LogP contribution in [0.1, 0.15) is 33.3 Å². The summed E-state index contributed by atoms with van der Waals surface area (Å²) < 4.78 is 11.8. The molecule has 0 aromatic heterocycles. The lowest BCUT2D eigenvalue weighted by Crippen LogP contribution is -2.53. The number of ether oxygens (including phenoxy) is 1. The van der Waals surface area contributed by atoms with E-state index in [2.05, 4.69) is 20.8 Å². The first-order valence-corrected chi connectivity index (χ1v) is 11.6. The fourth-order valence-corrected chi connectivity index (χ4v) is 3.32. The minimum atomic E-state index is -2.29. The summed E-state index contributed by atoms with van der Waals surface area (Å²) in [4.78, 5) is 12.2. The van der Waals surface area contributed by atoms with E-state index in [9.17, 15) is 15.0 Å². The van der Waals surface area contributed by atoms with Gasteiger partial charge in [0.05, 0.1) is 12.7 Å². The van der Waals surface area contributed by atoms with Gasteiger partial charge in [0.25, 0.3) is 0 Å². The number of Topliss-reactive ketones (excluding diaryl/α,β-unsaturated/α-hetero) is 1. The lowest BCUT2D eigenvalue weighted by atomic mass is 10.1. The molecule has 0 radical (unpaired) electrons. The molecule has 0 aliphatic rings. The molecule has 0 amide bonds. The Morgan fingerprint density at radius 3 is 2.24 bits per heavy atom. The minimum Gasteiger partial charge on any atom is -0.404 e. The lowest BCUT2D eigenvalue weighted by molar-refractivity contribution is -0.142. The van der Waals surface area contributed by atoms with Gasteiger partial charge in [-0.3, -0.25) is 4.79 Å². The van der Waals surface area contributed by atoms with Crippen LogP contribution in [0.2, 0.25) is 18.1 Å². The number of hydrogen-bond donors (Lipinski definition) is 2. The van der Waals surface area contributed by atoms with Crippen molar-refractivity contribution in [1.29, 1.82) is 0 Å². The van der Waals surface area contributed by atoms with E-state index < -0.39 is 39.0 Å². The predicted molar refractivity (Wildman–Crippen MR) is 101 cm³/mol. The highest BCUT2D eigenvalue weighted by Crippen LogP contribution is 2.38. The molecule has 0 fully saturated rings. The summed E-state index contributed by atoms with van der Waals surface area (Å²) in [5.74, 6) is -0.521. The topological polar surface area (TPSA) is 76.0 Å². The fraction of sp³-hybridized carbons (Fsp3) is 0.632. The van der Waals surface area contributed by atoms with Gasteiger partial charge in [-0.15, -0.1) is 0 Å². The smallest absolute Gasteiger partial charge is 0.193 e. The number of benzene rings is 1. The molecule has 0 spiro atoms. The first-order chi connectivity index (χ1) is 11.5. The van der Waals surface area contributed by atoms with Gasteiger partial charge in [-0.05, 0) is 30.6 Å². The van der Waals surface area contributed by atoms with Crippen LogP contribution in [0.25, 0.3) is 0 Å². The van der Waals surface area contributed by atoms with Crippen molar-refractivity contribution in [3.63, 3.8) is 0 Å². The molecule has 0 aliphatic heterocycles. The number of carbonyl (C=O) groups is 1. The van der Waals surface area contributed by atoms with Crippen LogP contribution in [0.4, 0.5) is 0 Å². The van der Waals surface area contributed by atoms with Crippen LogP contribution in [0.3, 0.4) is 0 Å². The maximum absolute atomic E-state index is 12.2. The fourth-order valence-electron chi connectivity index (χ4n) is 2.06. The molecule has 0 bridgehead atoms. The second kappa shape index (κ2) is 9.05. The van der Waals surface area contributed by atoms with Gasteiger partial charge in [0.15, 0.2) is 14.1 Å². The number of hydrogen-bond acceptors (Lipinski definition) is 5. The maximum Gasteiger partial charge on any atom is 0.193 e. The largest absolute Gasteiger partial charge is 0.404 e. The van der Waals surface area contributed by atoms with Crippen LogP contribution in [0, 0.1) is 0 Å². The van der Waals surface area contributed by atoms with Gasteiger partial charge in [-0.25, -0.2) is 0 Å². The van der Waals surface area contributed by atoms with Crippen molar-refractivity contribution >= 4 is 14.1 Å². The van der Waals surface area contributed by atoms with Gasteiger partial charge in [0.2, 0.25) is 0 Å². The molecule has 5 nitrogen and oxygen atoms in total. The third-order valence-corrected chi connectivity index (χ3v) is 9.30. The van der Waals surface area contributed by atoms with Crippen LogP contribution >= 0.6 is 0 Å². The second-order valence-electron chi connectivity index (χ2n) is 7.92. The number of aliphatic hydroxyl groups excluding tert-OH is 2. The van der Waals surface area contributed by atoms with Crippen LogP contribution in [0.15, 0.2) is 30.3 Å². The molecule has 0 saturated carbocycles. The van der Waals surface area contributed by atoms with Crippen molar-refractivity contribution in [2.75, 3.05) is 6.61 Å². The number of ketones is 1. The number of carbonyl (C=O) groups excluding carboxylic acids is 1. The van der Waals surface area contributed by atoms with Gasteiger partial charge in [0.1, 0.15) is 18.8 Å². The van der Waals surface area contributed by atoms with Gasteiger partial charge >= 0.3 is 0 Å². The van der Waals surface area contributed by atoms with E-state index in [1.807, 2.05) is 43.4 Å². The Morgan fingerprint density at radius 2 is 1.76 bits per heavy atom. The third-order valence-electron chi connectivity index (χ3n) is 4.85. The van der Waals surface area contributed by atoms with Gasteiger partial charge < -0.3 is 19.4 Å². The zero-order valence-electron chi connectivity index (χ0n) is 16.2. The summed E-state index contributed by atoms with van der Waals surface area (Å²) in [6.07, 6.45) is -2.83. The van der Waals surface area contributed by atoms with Crippen LogP contribution in [0.5, 0.6) is 0 Å². The monoisotopic (exact) mass is 368 g/mol. The minimum absolute atomic E-state index is 0.116. The molecule has 0 unspecified atom stereocenters. The molecular formula is C19H32O5Si. The van der Waals surface area contributed by atoms with E-state index in [4.69, 9.17) is 9.16 Å². The van der Waals surface area contributed by atoms with Crippen LogP contribution in [-0.4, -0.2) is 49.2 Å². The number of rotatable bonds is 9. The van der Waals surface area contributed by atoms with Crippen molar-refractivity contribution in [2.45, 2.75) is 70.7 Å². The molecule has 25 heavy (non-hydrogen) atoms. The van der Waals surface area contributed by atoms with Gasteiger partial charge in [-0.1, -0.05) is 51.1 Å². The lowest BCUT2D eigenvalue weighted by Gasteiger charge is -2.40. The van der Waals surface area contributed by atoms with Crippen molar-refractivity contribution in [3.8, 4) is 0 Å². The van der Waals surface area contributed by atoms with E-state index in [0.717, 1.165) is 5.56 Å². The standard InChI is InChI=1S/C19H32O5Si/c1-14(23-13-15-10-8-7-9-11-15)17(22)18(16(21)12-20)24-25(5,6)19(2,3)4/h7-11,14,17-18,20,22H,12-13H2,1-6H3/t14-,17-,18-/m0/s1. The second-order valence-corrected chi connectivity index (χ2v) is 12.7. The summed E-state index contributed by atoms with van der Waals surface area (Å²) in [7, 11) is -2.29. The highest BCUT2D eigenvalue weighted by atomic mass is 28.4. The van der Waals surface area contributed by atoms with Crippen LogP contribution < -0.4 is 0 Å². The molecule has 3 atom stereocenters. The Hall–Kier alpha value is -1.05. The molecule has 0 saturated heterocycles. The molecule has 0 aliphatic carbocycles. The third kappa shape index (κ3) is 6.31. The highest BCUT2D eigenvalue weighted by molar-refractivity contribution is 6.74. The Kier molecular flexibility index (Phi) is 7.96. The Labute approximate surface area is 152 Å². The van der Waals surface area contributed by atoms with Crippen molar-refractivity contribution in [1.82, 2.24) is 0 Å². The Balaban J connectivity index is 2.82. The summed E-state index contributed by atoms with van der Waals surface area (Å²) >= 11 is 0. The molecule has 0 heterocycles. The first kappa shape index (κ1) is 22.0. The average molecular weight is 369 g/mol. The normalized spacial score (nSPS) is 16.3. The summed E-state index contributed by atoms with van der Waals surface area (Å²) in [5.41, 5.74) is 0.983. The van der Waals surface area contributed by atoms with E-state index in [-0.39, 0.29) is 5.04 Å². The zero-order valence-corrected chi connectivity index (χ0v) is 17.2. The van der Waals surface area contributed by atoms with Gasteiger partial charge in [-0.2, -0.15) is 0 Å². The average Bonchev–Trinajstić information content (AvgIpc) is 2.56. The van der Waals surface area contributed by atoms with E-state index in [1.54, 1.807) is 6.92 Å². The maximum atomic E-state index is 12.2. The van der Waals surface area contributed by atoms with Crippen molar-refractivity contribution in [2.24, 2.45) is 0 Å². The number of aliphatic hydroxyl groups is 2. The Morgan fingerprint density at radius 1 is 1.20 bits per heavy atom. The summed E-state index contributed by atoms with van der Waals surface area (Å²) in [6, 6.07) is 9.62. The molecule has 142 valence electrons. The molecule has 2 N–H and O–H groups in total. The molecule has 6 heteroatoms.